The Hall–Kier alpha value is -3.26. The summed E-state index contributed by atoms with van der Waals surface area (Å²) in [7, 11) is 0. The maximum atomic E-state index is 11.7. The van der Waals surface area contributed by atoms with Gasteiger partial charge in [-0.25, -0.2) is 5.43 Å². The van der Waals surface area contributed by atoms with Crippen molar-refractivity contribution in [1.82, 2.24) is 5.43 Å². The summed E-state index contributed by atoms with van der Waals surface area (Å²) in [4.78, 5) is 11.7. The quantitative estimate of drug-likeness (QED) is 0.468. The first-order valence-corrected chi connectivity index (χ1v) is 7.05. The molecular formula is C18H17N3O2. The van der Waals surface area contributed by atoms with E-state index >= 15 is 0 Å². The molecule has 0 bridgehead atoms. The molecule has 2 N–H and O–H groups in total. The molecular weight excluding hydrogens is 290 g/mol. The molecule has 5 nitrogen and oxygen atoms in total. The van der Waals surface area contributed by atoms with Gasteiger partial charge in [0, 0.05) is 5.69 Å². The van der Waals surface area contributed by atoms with E-state index in [4.69, 9.17) is 11.2 Å². The Labute approximate surface area is 135 Å². The monoisotopic (exact) mass is 307 g/mol. The first kappa shape index (κ1) is 16.1. The molecule has 23 heavy (non-hydrogen) atoms. The Morgan fingerprint density at radius 2 is 2.04 bits per heavy atom. The maximum absolute atomic E-state index is 11.7. The summed E-state index contributed by atoms with van der Waals surface area (Å²) in [5.74, 6) is 2.83. The minimum Gasteiger partial charge on any atom is -0.481 e. The highest BCUT2D eigenvalue weighted by Crippen LogP contribution is 2.11. The highest BCUT2D eigenvalue weighted by molar-refractivity contribution is 5.84. The fourth-order valence-corrected chi connectivity index (χ4v) is 1.77. The number of hydrazone groups is 1. The third kappa shape index (κ3) is 5.94. The zero-order valence-corrected chi connectivity index (χ0v) is 12.5. The van der Waals surface area contributed by atoms with Crippen molar-refractivity contribution in [2.24, 2.45) is 5.10 Å². The Morgan fingerprint density at radius 3 is 2.83 bits per heavy atom. The average Bonchev–Trinajstić information content (AvgIpc) is 2.59. The number of ether oxygens (including phenoxy) is 1. The molecule has 5 heteroatoms. The molecule has 0 unspecified atom stereocenters. The van der Waals surface area contributed by atoms with Gasteiger partial charge in [0.25, 0.3) is 5.91 Å². The first-order valence-electron chi connectivity index (χ1n) is 7.05. The van der Waals surface area contributed by atoms with Gasteiger partial charge in [-0.15, -0.1) is 6.42 Å². The molecule has 0 heterocycles. The number of terminal acetylenes is 1. The van der Waals surface area contributed by atoms with Crippen molar-refractivity contribution in [2.75, 3.05) is 18.5 Å². The number of benzene rings is 2. The molecule has 0 saturated heterocycles. The second-order valence-corrected chi connectivity index (χ2v) is 4.58. The summed E-state index contributed by atoms with van der Waals surface area (Å²) in [6.45, 7) is 0.356. The van der Waals surface area contributed by atoms with Gasteiger partial charge < -0.3 is 10.1 Å². The van der Waals surface area contributed by atoms with Crippen molar-refractivity contribution in [3.8, 4) is 18.1 Å². The van der Waals surface area contributed by atoms with E-state index in [2.05, 4.69) is 21.8 Å². The molecule has 0 aliphatic carbocycles. The SMILES string of the molecule is C#CCOc1cccc(/C=N\NC(=O)CNc2ccccc2)c1. The summed E-state index contributed by atoms with van der Waals surface area (Å²) in [6, 6.07) is 16.7. The number of nitrogens with one attached hydrogen (secondary N) is 2. The lowest BCUT2D eigenvalue weighted by molar-refractivity contribution is -0.119. The van der Waals surface area contributed by atoms with Crippen LogP contribution in [0.15, 0.2) is 59.7 Å². The van der Waals surface area contributed by atoms with Gasteiger partial charge in [0.1, 0.15) is 12.4 Å². The summed E-state index contributed by atoms with van der Waals surface area (Å²) >= 11 is 0. The highest BCUT2D eigenvalue weighted by atomic mass is 16.5. The van der Waals surface area contributed by atoms with Gasteiger partial charge in [0.05, 0.1) is 12.8 Å². The lowest BCUT2D eigenvalue weighted by Gasteiger charge is -2.04. The smallest absolute Gasteiger partial charge is 0.259 e. The molecule has 0 atom stereocenters. The number of hydrogen-bond acceptors (Lipinski definition) is 4. The maximum Gasteiger partial charge on any atom is 0.259 e. The fraction of sp³-hybridized carbons (Fsp3) is 0.111. The van der Waals surface area contributed by atoms with Crippen LogP contribution in [0.5, 0.6) is 5.75 Å². The second-order valence-electron chi connectivity index (χ2n) is 4.58. The average molecular weight is 307 g/mol. The molecule has 0 radical (unpaired) electrons. The van der Waals surface area contributed by atoms with E-state index in [1.165, 1.54) is 0 Å². The van der Waals surface area contributed by atoms with Gasteiger partial charge in [-0.05, 0) is 29.8 Å². The van der Waals surface area contributed by atoms with Crippen molar-refractivity contribution in [1.29, 1.82) is 0 Å². The third-order valence-corrected chi connectivity index (χ3v) is 2.81. The van der Waals surface area contributed by atoms with Crippen LogP contribution in [0.2, 0.25) is 0 Å². The third-order valence-electron chi connectivity index (χ3n) is 2.81. The molecule has 2 rings (SSSR count). The number of carbonyl (C=O) groups excluding carboxylic acids is 1. The molecule has 0 aliphatic rings. The van der Waals surface area contributed by atoms with Crippen LogP contribution < -0.4 is 15.5 Å². The van der Waals surface area contributed by atoms with E-state index < -0.39 is 0 Å². The van der Waals surface area contributed by atoms with Gasteiger partial charge in [-0.1, -0.05) is 36.3 Å². The number of rotatable bonds is 7. The van der Waals surface area contributed by atoms with Crippen LogP contribution in [-0.2, 0) is 4.79 Å². The van der Waals surface area contributed by atoms with Crippen molar-refractivity contribution in [3.63, 3.8) is 0 Å². The molecule has 116 valence electrons. The normalized spacial score (nSPS) is 10.0. The molecule has 0 aromatic heterocycles. The standard InChI is InChI=1S/C18H17N3O2/c1-2-11-23-17-10-6-7-15(12-17)13-20-21-18(22)14-19-16-8-4-3-5-9-16/h1,3-10,12-13,19H,11,14H2,(H,21,22)/b20-13-. The Kier molecular flexibility index (Phi) is 6.24. The molecule has 2 aromatic carbocycles. The zero-order chi connectivity index (χ0) is 16.3. The lowest BCUT2D eigenvalue weighted by atomic mass is 10.2. The van der Waals surface area contributed by atoms with Crippen LogP contribution in [0.25, 0.3) is 0 Å². The number of amides is 1. The van der Waals surface area contributed by atoms with Crippen LogP contribution in [0.1, 0.15) is 5.56 Å². The Morgan fingerprint density at radius 1 is 1.22 bits per heavy atom. The second kappa shape index (κ2) is 8.90. The van der Waals surface area contributed by atoms with Crippen LogP contribution in [-0.4, -0.2) is 25.3 Å². The summed E-state index contributed by atoms with van der Waals surface area (Å²) in [5.41, 5.74) is 4.14. The topological polar surface area (TPSA) is 62.7 Å². The van der Waals surface area contributed by atoms with Gasteiger partial charge in [0.15, 0.2) is 0 Å². The molecule has 0 aliphatic heterocycles. The first-order chi connectivity index (χ1) is 11.3. The predicted molar refractivity (Wildman–Crippen MR) is 91.4 cm³/mol. The van der Waals surface area contributed by atoms with Crippen LogP contribution >= 0.6 is 0 Å². The summed E-state index contributed by atoms with van der Waals surface area (Å²) in [5, 5.41) is 6.92. The van der Waals surface area contributed by atoms with Gasteiger partial charge in [-0.2, -0.15) is 5.10 Å². The largest absolute Gasteiger partial charge is 0.481 e. The number of hydrogen-bond donors (Lipinski definition) is 2. The van der Waals surface area contributed by atoms with Gasteiger partial charge in [0.2, 0.25) is 0 Å². The van der Waals surface area contributed by atoms with E-state index in [1.54, 1.807) is 18.3 Å². The summed E-state index contributed by atoms with van der Waals surface area (Å²) in [6.07, 6.45) is 6.69. The van der Waals surface area contributed by atoms with Gasteiger partial charge >= 0.3 is 0 Å². The highest BCUT2D eigenvalue weighted by Gasteiger charge is 1.99. The van der Waals surface area contributed by atoms with E-state index in [9.17, 15) is 4.79 Å². The van der Waals surface area contributed by atoms with Crippen molar-refractivity contribution in [3.05, 3.63) is 60.2 Å². The molecule has 2 aromatic rings. The molecule has 0 spiro atoms. The predicted octanol–water partition coefficient (Wildman–Crippen LogP) is 2.26. The van der Waals surface area contributed by atoms with Crippen molar-refractivity contribution >= 4 is 17.8 Å². The van der Waals surface area contributed by atoms with Crippen LogP contribution in [0.4, 0.5) is 5.69 Å². The fourth-order valence-electron chi connectivity index (χ4n) is 1.77. The molecule has 0 fully saturated rings. The van der Waals surface area contributed by atoms with E-state index in [0.717, 1.165) is 11.3 Å². The van der Waals surface area contributed by atoms with Crippen LogP contribution in [0.3, 0.4) is 0 Å². The zero-order valence-electron chi connectivity index (χ0n) is 12.5. The van der Waals surface area contributed by atoms with E-state index in [0.29, 0.717) is 5.75 Å². The molecule has 1 amide bonds. The van der Waals surface area contributed by atoms with E-state index in [-0.39, 0.29) is 19.1 Å². The lowest BCUT2D eigenvalue weighted by Crippen LogP contribution is -2.25. The Balaban J connectivity index is 1.79. The van der Waals surface area contributed by atoms with Crippen molar-refractivity contribution in [2.45, 2.75) is 0 Å². The van der Waals surface area contributed by atoms with E-state index in [1.807, 2.05) is 42.5 Å². The van der Waals surface area contributed by atoms with Crippen molar-refractivity contribution < 1.29 is 9.53 Å². The number of anilines is 1. The molecule has 0 saturated carbocycles. The minimum atomic E-state index is -0.232. The van der Waals surface area contributed by atoms with Crippen LogP contribution in [0, 0.1) is 12.3 Å². The summed E-state index contributed by atoms with van der Waals surface area (Å²) < 4.78 is 5.32. The van der Waals surface area contributed by atoms with Gasteiger partial charge in [-0.3, -0.25) is 4.79 Å². The number of para-hydroxylation sites is 1. The Bertz CT molecular complexity index is 706. The minimum absolute atomic E-state index is 0.146. The number of nitrogens with zero attached hydrogens (tertiary/aromatic N) is 1. The number of carbonyl (C=O) groups is 1.